The van der Waals surface area contributed by atoms with Crippen LogP contribution in [0.2, 0.25) is 0 Å². The predicted molar refractivity (Wildman–Crippen MR) is 68.3 cm³/mol. The van der Waals surface area contributed by atoms with Crippen molar-refractivity contribution in [1.82, 2.24) is 0 Å². The zero-order valence-corrected chi connectivity index (χ0v) is 10.8. The van der Waals surface area contributed by atoms with Gasteiger partial charge in [0.2, 0.25) is 0 Å². The molecule has 8 atom stereocenters. The maximum absolute atomic E-state index is 9.06. The normalized spacial score (nSPS) is 58.0. The van der Waals surface area contributed by atoms with E-state index in [0.29, 0.717) is 6.61 Å². The summed E-state index contributed by atoms with van der Waals surface area (Å²) in [5.74, 6) is 7.86. The fraction of sp³-hybridized carbons (Fsp3) is 0.875. The quantitative estimate of drug-likeness (QED) is 0.585. The van der Waals surface area contributed by atoms with Crippen LogP contribution in [0.5, 0.6) is 0 Å². The topological polar surface area (TPSA) is 20.2 Å². The fourth-order valence-electron chi connectivity index (χ4n) is 6.27. The van der Waals surface area contributed by atoms with Crippen molar-refractivity contribution in [3.8, 4) is 0 Å². The highest BCUT2D eigenvalue weighted by molar-refractivity contribution is 5.21. The second kappa shape index (κ2) is 3.60. The molecule has 3 fully saturated rings. The molecule has 0 aliphatic heterocycles. The highest BCUT2D eigenvalue weighted by atomic mass is 16.2. The van der Waals surface area contributed by atoms with Crippen molar-refractivity contribution in [2.24, 2.45) is 47.3 Å². The largest absolute Gasteiger partial charge is 0.396 e. The average Bonchev–Trinajstić information content (AvgIpc) is 3.04. The van der Waals surface area contributed by atoms with Crippen molar-refractivity contribution in [2.75, 3.05) is 6.61 Å². The molecule has 17 heavy (non-hydrogen) atoms. The molecule has 0 aromatic carbocycles. The van der Waals surface area contributed by atoms with Crippen molar-refractivity contribution in [1.29, 1.82) is 0 Å². The molecule has 4 bridgehead atoms. The summed E-state index contributed by atoms with van der Waals surface area (Å²) in [5.41, 5.74) is 0. The summed E-state index contributed by atoms with van der Waals surface area (Å²) in [6, 6.07) is 0. The van der Waals surface area contributed by atoms with Gasteiger partial charge in [-0.2, -0.15) is 0 Å². The Bertz CT molecular complexity index is 347. The summed E-state index contributed by atoms with van der Waals surface area (Å²) in [5, 5.41) is 9.06. The van der Waals surface area contributed by atoms with E-state index in [9.17, 15) is 0 Å². The summed E-state index contributed by atoms with van der Waals surface area (Å²) in [6.07, 6.45) is 10.4. The monoisotopic (exact) mass is 232 g/mol. The van der Waals surface area contributed by atoms with Crippen LogP contribution in [0.1, 0.15) is 32.6 Å². The maximum atomic E-state index is 9.06. The number of fused-ring (bicyclic) bond motifs is 9. The SMILES string of the molecule is CC1C(CCCO)C2CC1C1C3C=CC(C3)C21. The van der Waals surface area contributed by atoms with Crippen LogP contribution in [-0.2, 0) is 0 Å². The third kappa shape index (κ3) is 1.24. The van der Waals surface area contributed by atoms with Gasteiger partial charge in [-0.3, -0.25) is 0 Å². The predicted octanol–water partition coefficient (Wildman–Crippen LogP) is 3.10. The first kappa shape index (κ1) is 10.6. The van der Waals surface area contributed by atoms with Gasteiger partial charge in [-0.15, -0.1) is 0 Å². The number of hydrogen-bond acceptors (Lipinski definition) is 1. The number of allylic oxidation sites excluding steroid dienone is 2. The van der Waals surface area contributed by atoms with Gasteiger partial charge in [0.05, 0.1) is 0 Å². The van der Waals surface area contributed by atoms with Crippen LogP contribution < -0.4 is 0 Å². The van der Waals surface area contributed by atoms with Gasteiger partial charge in [0.1, 0.15) is 0 Å². The molecular formula is C16H24O. The summed E-state index contributed by atoms with van der Waals surface area (Å²) in [7, 11) is 0. The van der Waals surface area contributed by atoms with E-state index in [1.807, 2.05) is 0 Å². The second-order valence-electron chi connectivity index (χ2n) is 7.06. The van der Waals surface area contributed by atoms with Crippen molar-refractivity contribution < 1.29 is 5.11 Å². The first-order valence-corrected chi connectivity index (χ1v) is 7.60. The van der Waals surface area contributed by atoms with Crippen molar-refractivity contribution in [3.63, 3.8) is 0 Å². The number of aliphatic hydroxyl groups excluding tert-OH is 1. The van der Waals surface area contributed by atoms with Crippen LogP contribution in [-0.4, -0.2) is 11.7 Å². The minimum absolute atomic E-state index is 0.390. The Hall–Kier alpha value is -0.300. The number of rotatable bonds is 3. The zero-order chi connectivity index (χ0) is 11.6. The lowest BCUT2D eigenvalue weighted by molar-refractivity contribution is 0.0871. The molecule has 3 saturated carbocycles. The van der Waals surface area contributed by atoms with Crippen LogP contribution in [0, 0.1) is 47.3 Å². The molecule has 4 rings (SSSR count). The summed E-state index contributed by atoms with van der Waals surface area (Å²) in [4.78, 5) is 0. The molecule has 1 nitrogen and oxygen atoms in total. The Morgan fingerprint density at radius 3 is 2.47 bits per heavy atom. The van der Waals surface area contributed by atoms with E-state index in [1.165, 1.54) is 19.3 Å². The second-order valence-corrected chi connectivity index (χ2v) is 7.06. The summed E-state index contributed by atoms with van der Waals surface area (Å²) < 4.78 is 0. The van der Waals surface area contributed by atoms with Gasteiger partial charge in [0.15, 0.2) is 0 Å². The highest BCUT2D eigenvalue weighted by Crippen LogP contribution is 2.69. The van der Waals surface area contributed by atoms with Crippen LogP contribution in [0.15, 0.2) is 12.2 Å². The van der Waals surface area contributed by atoms with Gasteiger partial charge >= 0.3 is 0 Å². The van der Waals surface area contributed by atoms with Crippen molar-refractivity contribution in [3.05, 3.63) is 12.2 Å². The van der Waals surface area contributed by atoms with E-state index in [-0.39, 0.29) is 0 Å². The van der Waals surface area contributed by atoms with Crippen LogP contribution in [0.25, 0.3) is 0 Å². The Balaban J connectivity index is 1.59. The Labute approximate surface area is 104 Å². The molecule has 1 N–H and O–H groups in total. The van der Waals surface area contributed by atoms with Gasteiger partial charge in [0.25, 0.3) is 0 Å². The molecule has 0 amide bonds. The van der Waals surface area contributed by atoms with Crippen molar-refractivity contribution >= 4 is 0 Å². The van der Waals surface area contributed by atoms with E-state index in [2.05, 4.69) is 19.1 Å². The third-order valence-electron chi connectivity index (χ3n) is 6.71. The Morgan fingerprint density at radius 2 is 1.76 bits per heavy atom. The number of hydrogen-bond donors (Lipinski definition) is 1. The summed E-state index contributed by atoms with van der Waals surface area (Å²) in [6.45, 7) is 2.89. The average molecular weight is 232 g/mol. The Kier molecular flexibility index (Phi) is 2.25. The minimum Gasteiger partial charge on any atom is -0.396 e. The van der Waals surface area contributed by atoms with E-state index >= 15 is 0 Å². The van der Waals surface area contributed by atoms with Gasteiger partial charge in [-0.25, -0.2) is 0 Å². The molecule has 4 aliphatic rings. The molecule has 0 aromatic rings. The molecule has 0 spiro atoms. The molecule has 94 valence electrons. The summed E-state index contributed by atoms with van der Waals surface area (Å²) >= 11 is 0. The molecule has 0 aromatic heterocycles. The minimum atomic E-state index is 0.390. The van der Waals surface area contributed by atoms with E-state index in [1.54, 1.807) is 0 Å². The van der Waals surface area contributed by atoms with Crippen molar-refractivity contribution in [2.45, 2.75) is 32.6 Å². The molecule has 0 saturated heterocycles. The van der Waals surface area contributed by atoms with Gasteiger partial charge in [-0.1, -0.05) is 19.1 Å². The molecule has 0 heterocycles. The standard InChI is InChI=1S/C16H24O/c1-9-12(3-2-6-17)14-8-13(9)15-10-4-5-11(7-10)16(14)15/h4-5,9-17H,2-3,6-8H2,1H3. The van der Waals surface area contributed by atoms with E-state index in [0.717, 1.165) is 53.8 Å². The zero-order valence-electron chi connectivity index (χ0n) is 10.8. The molecule has 1 heteroatoms. The number of aliphatic hydroxyl groups is 1. The van der Waals surface area contributed by atoms with Gasteiger partial charge in [-0.05, 0) is 73.0 Å². The lowest BCUT2D eigenvalue weighted by atomic mass is 9.64. The van der Waals surface area contributed by atoms with Crippen LogP contribution in [0.4, 0.5) is 0 Å². The van der Waals surface area contributed by atoms with Gasteiger partial charge < -0.3 is 5.11 Å². The molecular weight excluding hydrogens is 208 g/mol. The van der Waals surface area contributed by atoms with E-state index in [4.69, 9.17) is 5.11 Å². The first-order valence-electron chi connectivity index (χ1n) is 7.60. The lowest BCUT2D eigenvalue weighted by Crippen LogP contribution is -2.36. The lowest BCUT2D eigenvalue weighted by Gasteiger charge is -2.40. The van der Waals surface area contributed by atoms with Crippen LogP contribution in [0.3, 0.4) is 0 Å². The molecule has 8 unspecified atom stereocenters. The van der Waals surface area contributed by atoms with Crippen LogP contribution >= 0.6 is 0 Å². The first-order chi connectivity index (χ1) is 8.31. The Morgan fingerprint density at radius 1 is 1.06 bits per heavy atom. The van der Waals surface area contributed by atoms with E-state index < -0.39 is 0 Å². The fourth-order valence-corrected chi connectivity index (χ4v) is 6.27. The smallest absolute Gasteiger partial charge is 0.0431 e. The third-order valence-corrected chi connectivity index (χ3v) is 6.71. The maximum Gasteiger partial charge on any atom is 0.0431 e. The molecule has 4 aliphatic carbocycles. The molecule has 0 radical (unpaired) electrons. The highest BCUT2D eigenvalue weighted by Gasteiger charge is 2.62. The van der Waals surface area contributed by atoms with Gasteiger partial charge in [0, 0.05) is 6.61 Å².